The van der Waals surface area contributed by atoms with Gasteiger partial charge in [0.15, 0.2) is 5.78 Å². The van der Waals surface area contributed by atoms with E-state index >= 15 is 0 Å². The Bertz CT molecular complexity index is 448. The number of fused-ring (bicyclic) bond motifs is 1. The summed E-state index contributed by atoms with van der Waals surface area (Å²) in [5.74, 6) is -1.06. The molecule has 5 heteroatoms. The second kappa shape index (κ2) is 3.57. The lowest BCUT2D eigenvalue weighted by atomic mass is 10.0. The molecule has 1 aliphatic rings. The van der Waals surface area contributed by atoms with E-state index in [1.165, 1.54) is 0 Å². The Morgan fingerprint density at radius 2 is 1.88 bits per heavy atom. The molecular formula is C11H8F4O. The van der Waals surface area contributed by atoms with E-state index in [0.29, 0.717) is 5.56 Å². The van der Waals surface area contributed by atoms with E-state index in [0.717, 1.165) is 12.1 Å². The molecule has 0 bridgehead atoms. The van der Waals surface area contributed by atoms with Crippen LogP contribution in [-0.2, 0) is 12.8 Å². The molecule has 86 valence electrons. The molecule has 0 atom stereocenters. The fourth-order valence-corrected chi connectivity index (χ4v) is 1.98. The summed E-state index contributed by atoms with van der Waals surface area (Å²) in [7, 11) is 0. The SMILES string of the molecule is O=C1CCc2c(CC(F)(F)F)cc(F)cc21. The molecule has 0 amide bonds. The summed E-state index contributed by atoms with van der Waals surface area (Å²) in [6, 6.07) is 1.88. The quantitative estimate of drug-likeness (QED) is 0.680. The predicted molar refractivity (Wildman–Crippen MR) is 48.8 cm³/mol. The molecule has 1 aromatic carbocycles. The van der Waals surface area contributed by atoms with Crippen LogP contribution in [-0.4, -0.2) is 12.0 Å². The minimum absolute atomic E-state index is 0.110. The molecule has 0 heterocycles. The van der Waals surface area contributed by atoms with Crippen LogP contribution in [0.25, 0.3) is 0 Å². The molecule has 0 radical (unpaired) electrons. The Labute approximate surface area is 89.1 Å². The number of halogens is 4. The third-order valence-corrected chi connectivity index (χ3v) is 2.60. The van der Waals surface area contributed by atoms with Crippen molar-refractivity contribution in [3.63, 3.8) is 0 Å². The number of Topliss-reactive ketones (excluding diaryl/α,β-unsaturated/α-hetero) is 1. The Hall–Kier alpha value is -1.39. The predicted octanol–water partition coefficient (Wildman–Crippen LogP) is 3.06. The molecule has 1 aromatic rings. The molecule has 1 aliphatic carbocycles. The minimum atomic E-state index is -4.38. The largest absolute Gasteiger partial charge is 0.393 e. The Morgan fingerprint density at radius 1 is 1.19 bits per heavy atom. The van der Waals surface area contributed by atoms with Gasteiger partial charge in [0, 0.05) is 12.0 Å². The lowest BCUT2D eigenvalue weighted by Crippen LogP contribution is -2.13. The summed E-state index contributed by atoms with van der Waals surface area (Å²) < 4.78 is 49.7. The van der Waals surface area contributed by atoms with Gasteiger partial charge in [0.25, 0.3) is 0 Å². The first kappa shape index (κ1) is 11.1. The van der Waals surface area contributed by atoms with Crippen LogP contribution in [0.3, 0.4) is 0 Å². The molecule has 2 rings (SSSR count). The van der Waals surface area contributed by atoms with Gasteiger partial charge in [-0.05, 0) is 29.7 Å². The second-order valence-electron chi connectivity index (χ2n) is 3.81. The number of alkyl halides is 3. The monoisotopic (exact) mass is 232 g/mol. The van der Waals surface area contributed by atoms with Crippen LogP contribution in [0, 0.1) is 5.82 Å². The minimum Gasteiger partial charge on any atom is -0.294 e. The number of ketones is 1. The summed E-state index contributed by atoms with van der Waals surface area (Å²) in [4.78, 5) is 11.3. The van der Waals surface area contributed by atoms with Crippen molar-refractivity contribution in [2.24, 2.45) is 0 Å². The van der Waals surface area contributed by atoms with Crippen LogP contribution in [0.15, 0.2) is 12.1 Å². The van der Waals surface area contributed by atoms with Crippen molar-refractivity contribution in [2.45, 2.75) is 25.4 Å². The topological polar surface area (TPSA) is 17.1 Å². The van der Waals surface area contributed by atoms with Gasteiger partial charge in [-0.2, -0.15) is 13.2 Å². The van der Waals surface area contributed by atoms with Gasteiger partial charge in [-0.3, -0.25) is 4.79 Å². The van der Waals surface area contributed by atoms with Gasteiger partial charge in [-0.1, -0.05) is 0 Å². The smallest absolute Gasteiger partial charge is 0.294 e. The zero-order valence-electron chi connectivity index (χ0n) is 8.20. The molecule has 1 nitrogen and oxygen atoms in total. The first-order chi connectivity index (χ1) is 7.37. The first-order valence-corrected chi connectivity index (χ1v) is 4.78. The van der Waals surface area contributed by atoms with E-state index in [2.05, 4.69) is 0 Å². The molecule has 16 heavy (non-hydrogen) atoms. The Morgan fingerprint density at radius 3 is 2.50 bits per heavy atom. The molecule has 0 aliphatic heterocycles. The van der Waals surface area contributed by atoms with Crippen molar-refractivity contribution in [1.82, 2.24) is 0 Å². The van der Waals surface area contributed by atoms with E-state index in [-0.39, 0.29) is 29.8 Å². The Kier molecular flexibility index (Phi) is 2.48. The molecular weight excluding hydrogens is 224 g/mol. The van der Waals surface area contributed by atoms with Gasteiger partial charge < -0.3 is 0 Å². The van der Waals surface area contributed by atoms with E-state index < -0.39 is 18.4 Å². The second-order valence-corrected chi connectivity index (χ2v) is 3.81. The van der Waals surface area contributed by atoms with Crippen molar-refractivity contribution in [3.8, 4) is 0 Å². The van der Waals surface area contributed by atoms with Crippen molar-refractivity contribution >= 4 is 5.78 Å². The fraction of sp³-hybridized carbons (Fsp3) is 0.364. The molecule has 0 fully saturated rings. The number of rotatable bonds is 1. The lowest BCUT2D eigenvalue weighted by Gasteiger charge is -2.10. The van der Waals surface area contributed by atoms with Gasteiger partial charge >= 0.3 is 6.18 Å². The maximum absolute atomic E-state index is 13.1. The molecule has 0 saturated heterocycles. The molecule has 0 aromatic heterocycles. The number of benzene rings is 1. The standard InChI is InChI=1S/C11H8F4O/c12-7-3-6(5-11(13,14)15)8-1-2-10(16)9(8)4-7/h3-4H,1-2,5H2. The zero-order chi connectivity index (χ0) is 11.9. The maximum Gasteiger partial charge on any atom is 0.393 e. The normalized spacial score (nSPS) is 15.4. The maximum atomic E-state index is 13.1. The van der Waals surface area contributed by atoms with Crippen LogP contribution >= 0.6 is 0 Å². The van der Waals surface area contributed by atoms with Gasteiger partial charge in [0.05, 0.1) is 6.42 Å². The van der Waals surface area contributed by atoms with Crippen LogP contribution in [0.5, 0.6) is 0 Å². The summed E-state index contributed by atoms with van der Waals surface area (Å²) in [5, 5.41) is 0. The van der Waals surface area contributed by atoms with Gasteiger partial charge in [-0.25, -0.2) is 4.39 Å². The number of hydrogen-bond donors (Lipinski definition) is 0. The number of carbonyl (C=O) groups excluding carboxylic acids is 1. The first-order valence-electron chi connectivity index (χ1n) is 4.78. The molecule has 0 spiro atoms. The Balaban J connectivity index is 2.47. The van der Waals surface area contributed by atoms with Crippen molar-refractivity contribution in [3.05, 3.63) is 34.6 Å². The summed E-state index contributed by atoms with van der Waals surface area (Å²) >= 11 is 0. The van der Waals surface area contributed by atoms with Crippen LogP contribution < -0.4 is 0 Å². The summed E-state index contributed by atoms with van der Waals surface area (Å²) in [5.41, 5.74) is 0.344. The highest BCUT2D eigenvalue weighted by Crippen LogP contribution is 2.31. The van der Waals surface area contributed by atoms with Crippen molar-refractivity contribution in [2.75, 3.05) is 0 Å². The third kappa shape index (κ3) is 2.08. The van der Waals surface area contributed by atoms with Gasteiger partial charge in [-0.15, -0.1) is 0 Å². The van der Waals surface area contributed by atoms with E-state index in [1.54, 1.807) is 0 Å². The molecule has 0 unspecified atom stereocenters. The van der Waals surface area contributed by atoms with E-state index in [9.17, 15) is 22.4 Å². The molecule has 0 N–H and O–H groups in total. The third-order valence-electron chi connectivity index (χ3n) is 2.60. The van der Waals surface area contributed by atoms with Crippen molar-refractivity contribution in [1.29, 1.82) is 0 Å². The van der Waals surface area contributed by atoms with E-state index in [4.69, 9.17) is 0 Å². The summed E-state index contributed by atoms with van der Waals surface area (Å²) in [6.45, 7) is 0. The lowest BCUT2D eigenvalue weighted by molar-refractivity contribution is -0.127. The van der Waals surface area contributed by atoms with Crippen LogP contribution in [0.2, 0.25) is 0 Å². The summed E-state index contributed by atoms with van der Waals surface area (Å²) in [6.07, 6.45) is -5.11. The molecule has 0 saturated carbocycles. The van der Waals surface area contributed by atoms with Gasteiger partial charge in [0.1, 0.15) is 5.82 Å². The highest BCUT2D eigenvalue weighted by atomic mass is 19.4. The number of carbonyl (C=O) groups is 1. The highest BCUT2D eigenvalue weighted by Gasteiger charge is 2.32. The number of hydrogen-bond acceptors (Lipinski definition) is 1. The average Bonchev–Trinajstić information content (AvgIpc) is 2.45. The fourth-order valence-electron chi connectivity index (χ4n) is 1.98. The van der Waals surface area contributed by atoms with Gasteiger partial charge in [0.2, 0.25) is 0 Å². The van der Waals surface area contributed by atoms with Crippen molar-refractivity contribution < 1.29 is 22.4 Å². The van der Waals surface area contributed by atoms with Crippen LogP contribution in [0.4, 0.5) is 17.6 Å². The van der Waals surface area contributed by atoms with E-state index in [1.807, 2.05) is 0 Å². The highest BCUT2D eigenvalue weighted by molar-refractivity contribution is 6.00. The zero-order valence-corrected chi connectivity index (χ0v) is 8.20. The average molecular weight is 232 g/mol. The van der Waals surface area contributed by atoms with Crippen LogP contribution in [0.1, 0.15) is 27.9 Å².